The van der Waals surface area contributed by atoms with Crippen LogP contribution in [0, 0.1) is 11.8 Å². The number of esters is 1. The minimum atomic E-state index is -3.76. The van der Waals surface area contributed by atoms with E-state index in [1.54, 1.807) is 20.8 Å². The molecule has 1 aliphatic heterocycles. The topological polar surface area (TPSA) is 154 Å². The largest absolute Gasteiger partial charge is 0.468 e. The maximum atomic E-state index is 13.2. The standard InChI is InChI=1S/C21H34N2O9S/c1-6-7-8-9-14(22-19(27)32-20(2,3)4)17(25)23-21(18(26)30-5)11-33(28,29)16-13(15(16)21)10-31-12-24/h12-16H,6-11H2,1-5H3,(H,22,27)(H,23,25)/t13-,14+,15-,16+,21+/m1/s1. The third-order valence-electron chi connectivity index (χ3n) is 5.87. The van der Waals surface area contributed by atoms with Crippen LogP contribution in [0.15, 0.2) is 0 Å². The average Bonchev–Trinajstić information content (AvgIpc) is 3.39. The van der Waals surface area contributed by atoms with Gasteiger partial charge < -0.3 is 24.8 Å². The summed E-state index contributed by atoms with van der Waals surface area (Å²) in [4.78, 5) is 48.9. The Labute approximate surface area is 194 Å². The van der Waals surface area contributed by atoms with E-state index in [2.05, 4.69) is 10.6 Å². The number of rotatable bonds is 11. The number of hydrogen-bond donors (Lipinski definition) is 2. The molecule has 1 saturated heterocycles. The van der Waals surface area contributed by atoms with E-state index >= 15 is 0 Å². The lowest BCUT2D eigenvalue weighted by molar-refractivity contribution is -0.151. The van der Waals surface area contributed by atoms with E-state index in [0.717, 1.165) is 20.0 Å². The highest BCUT2D eigenvalue weighted by Gasteiger charge is 2.77. The van der Waals surface area contributed by atoms with Gasteiger partial charge in [0.1, 0.15) is 11.6 Å². The molecule has 0 aromatic rings. The number of methoxy groups -OCH3 is 1. The van der Waals surface area contributed by atoms with Crippen LogP contribution in [0.3, 0.4) is 0 Å². The molecular weight excluding hydrogens is 456 g/mol. The number of ether oxygens (including phenoxy) is 3. The maximum Gasteiger partial charge on any atom is 0.408 e. The van der Waals surface area contributed by atoms with Crippen LogP contribution in [-0.2, 0) is 38.4 Å². The summed E-state index contributed by atoms with van der Waals surface area (Å²) in [6, 6.07) is -1.04. The van der Waals surface area contributed by atoms with Gasteiger partial charge in [-0.3, -0.25) is 9.59 Å². The molecule has 0 unspecified atom stereocenters. The van der Waals surface area contributed by atoms with Crippen molar-refractivity contribution < 1.29 is 41.8 Å². The number of nitrogens with one attached hydrogen (secondary N) is 2. The van der Waals surface area contributed by atoms with Crippen LogP contribution in [0.2, 0.25) is 0 Å². The van der Waals surface area contributed by atoms with Crippen molar-refractivity contribution in [3.63, 3.8) is 0 Å². The fourth-order valence-electron chi connectivity index (χ4n) is 4.51. The number of fused-ring (bicyclic) bond motifs is 1. The summed E-state index contributed by atoms with van der Waals surface area (Å²) in [5.74, 6) is -3.66. The van der Waals surface area contributed by atoms with E-state index in [0.29, 0.717) is 6.42 Å². The second-order valence-electron chi connectivity index (χ2n) is 9.54. The number of carbonyl (C=O) groups is 4. The number of carbonyl (C=O) groups excluding carboxylic acids is 4. The van der Waals surface area contributed by atoms with Crippen molar-refractivity contribution in [3.05, 3.63) is 0 Å². The number of sulfone groups is 1. The summed E-state index contributed by atoms with van der Waals surface area (Å²) in [5, 5.41) is 4.19. The van der Waals surface area contributed by atoms with E-state index in [4.69, 9.17) is 14.2 Å². The van der Waals surface area contributed by atoms with Gasteiger partial charge in [0.25, 0.3) is 6.47 Å². The molecule has 11 nitrogen and oxygen atoms in total. The van der Waals surface area contributed by atoms with Crippen molar-refractivity contribution in [2.24, 2.45) is 11.8 Å². The quantitative estimate of drug-likeness (QED) is 0.184. The first-order chi connectivity index (χ1) is 15.3. The fourth-order valence-corrected chi connectivity index (χ4v) is 7.29. The molecule has 2 rings (SSSR count). The van der Waals surface area contributed by atoms with E-state index in [1.165, 1.54) is 0 Å². The van der Waals surface area contributed by atoms with Gasteiger partial charge in [-0.1, -0.05) is 26.2 Å². The zero-order valence-corrected chi connectivity index (χ0v) is 20.5. The molecule has 2 amide bonds. The van der Waals surface area contributed by atoms with Crippen LogP contribution in [-0.4, -0.2) is 74.8 Å². The van der Waals surface area contributed by atoms with Gasteiger partial charge in [0.2, 0.25) is 5.91 Å². The molecule has 0 spiro atoms. The molecule has 5 atom stereocenters. The summed E-state index contributed by atoms with van der Waals surface area (Å²) in [6.45, 7) is 7.05. The smallest absolute Gasteiger partial charge is 0.408 e. The summed E-state index contributed by atoms with van der Waals surface area (Å²) in [6.07, 6.45) is 1.79. The SMILES string of the molecule is CCCCC[C@H](NC(=O)OC(C)(C)C)C(=O)N[C@@]1(C(=O)OC)CS(=O)(=O)[C@H]2[C@H](COC=O)[C@H]21. The number of hydrogen-bond acceptors (Lipinski definition) is 9. The summed E-state index contributed by atoms with van der Waals surface area (Å²) < 4.78 is 40.3. The van der Waals surface area contributed by atoms with Crippen molar-refractivity contribution in [3.8, 4) is 0 Å². The number of amides is 2. The highest BCUT2D eigenvalue weighted by Crippen LogP contribution is 2.58. The van der Waals surface area contributed by atoms with Gasteiger partial charge in [0, 0.05) is 11.8 Å². The zero-order chi connectivity index (χ0) is 25.0. The van der Waals surface area contributed by atoms with Gasteiger partial charge in [0.05, 0.1) is 24.7 Å². The van der Waals surface area contributed by atoms with Gasteiger partial charge in [-0.05, 0) is 27.2 Å². The molecule has 33 heavy (non-hydrogen) atoms. The molecule has 0 bridgehead atoms. The molecule has 188 valence electrons. The number of alkyl carbamates (subject to hydrolysis) is 1. The Bertz CT molecular complexity index is 867. The Kier molecular flexibility index (Phi) is 8.36. The van der Waals surface area contributed by atoms with Crippen LogP contribution in [0.25, 0.3) is 0 Å². The van der Waals surface area contributed by atoms with E-state index in [1.807, 2.05) is 6.92 Å². The van der Waals surface area contributed by atoms with Crippen molar-refractivity contribution in [1.29, 1.82) is 0 Å². The highest BCUT2D eigenvalue weighted by atomic mass is 32.2. The average molecular weight is 491 g/mol. The lowest BCUT2D eigenvalue weighted by Crippen LogP contribution is -2.63. The molecule has 1 saturated carbocycles. The predicted molar refractivity (Wildman–Crippen MR) is 117 cm³/mol. The van der Waals surface area contributed by atoms with Crippen molar-refractivity contribution in [2.45, 2.75) is 75.8 Å². The van der Waals surface area contributed by atoms with E-state index < -0.39 is 67.8 Å². The first-order valence-electron chi connectivity index (χ1n) is 11.0. The predicted octanol–water partition coefficient (Wildman–Crippen LogP) is 0.704. The van der Waals surface area contributed by atoms with Gasteiger partial charge in [-0.25, -0.2) is 18.0 Å². The second-order valence-corrected chi connectivity index (χ2v) is 11.7. The molecule has 1 aliphatic carbocycles. The third kappa shape index (κ3) is 6.15. The Morgan fingerprint density at radius 1 is 1.21 bits per heavy atom. The van der Waals surface area contributed by atoms with Gasteiger partial charge in [-0.2, -0.15) is 0 Å². The van der Waals surface area contributed by atoms with Crippen LogP contribution < -0.4 is 10.6 Å². The monoisotopic (exact) mass is 490 g/mol. The Morgan fingerprint density at radius 2 is 1.88 bits per heavy atom. The molecule has 0 radical (unpaired) electrons. The van der Waals surface area contributed by atoms with Gasteiger partial charge in [0.15, 0.2) is 15.4 Å². The van der Waals surface area contributed by atoms with Crippen molar-refractivity contribution in [2.75, 3.05) is 19.5 Å². The summed E-state index contributed by atoms with van der Waals surface area (Å²) in [5.41, 5.74) is -2.61. The number of unbranched alkanes of at least 4 members (excludes halogenated alkanes) is 2. The van der Waals surface area contributed by atoms with E-state index in [-0.39, 0.29) is 19.5 Å². The lowest BCUT2D eigenvalue weighted by Gasteiger charge is -2.32. The Hall–Kier alpha value is -2.37. The lowest BCUT2D eigenvalue weighted by atomic mass is 9.93. The van der Waals surface area contributed by atoms with Crippen LogP contribution >= 0.6 is 0 Å². The summed E-state index contributed by atoms with van der Waals surface area (Å²) >= 11 is 0. The third-order valence-corrected chi connectivity index (χ3v) is 8.20. The van der Waals surface area contributed by atoms with E-state index in [9.17, 15) is 27.6 Å². The van der Waals surface area contributed by atoms with Crippen LogP contribution in [0.4, 0.5) is 4.79 Å². The fraction of sp³-hybridized carbons (Fsp3) is 0.810. The van der Waals surface area contributed by atoms with Crippen molar-refractivity contribution in [1.82, 2.24) is 10.6 Å². The molecule has 1 heterocycles. The molecule has 0 aromatic heterocycles. The second kappa shape index (κ2) is 10.3. The van der Waals surface area contributed by atoms with Crippen LogP contribution in [0.1, 0.15) is 53.4 Å². The zero-order valence-electron chi connectivity index (χ0n) is 19.7. The van der Waals surface area contributed by atoms with Gasteiger partial charge >= 0.3 is 12.1 Å². The van der Waals surface area contributed by atoms with Gasteiger partial charge in [-0.15, -0.1) is 0 Å². The highest BCUT2D eigenvalue weighted by molar-refractivity contribution is 7.92. The molecule has 2 aliphatic rings. The normalized spacial score (nSPS) is 28.1. The molecule has 0 aromatic carbocycles. The first-order valence-corrected chi connectivity index (χ1v) is 12.7. The molecular formula is C21H34N2O9S. The van der Waals surface area contributed by atoms with Crippen LogP contribution in [0.5, 0.6) is 0 Å². The minimum absolute atomic E-state index is 0.192. The molecule has 2 fully saturated rings. The molecule has 12 heteroatoms. The minimum Gasteiger partial charge on any atom is -0.468 e. The Morgan fingerprint density at radius 3 is 2.42 bits per heavy atom. The van der Waals surface area contributed by atoms with Crippen molar-refractivity contribution >= 4 is 34.3 Å². The first kappa shape index (κ1) is 26.9. The summed E-state index contributed by atoms with van der Waals surface area (Å²) in [7, 11) is -2.65. The Balaban J connectivity index is 2.28. The molecule has 2 N–H and O–H groups in total. The maximum absolute atomic E-state index is 13.2.